The highest BCUT2D eigenvalue weighted by Crippen LogP contribution is 2.28. The maximum Gasteiger partial charge on any atom is 0.416 e. The molecule has 13 heavy (non-hydrogen) atoms. The van der Waals surface area contributed by atoms with Crippen molar-refractivity contribution in [2.45, 2.75) is 6.18 Å². The largest absolute Gasteiger partial charge is 0.889 e. The summed E-state index contributed by atoms with van der Waals surface area (Å²) >= 11 is 0. The van der Waals surface area contributed by atoms with Crippen LogP contribution in [0.1, 0.15) is 5.56 Å². The van der Waals surface area contributed by atoms with Gasteiger partial charge in [-0.1, -0.05) is 31.4 Å². The summed E-state index contributed by atoms with van der Waals surface area (Å²) in [6.07, 6.45) is -4.43. The summed E-state index contributed by atoms with van der Waals surface area (Å²) in [5.74, 6) is 0. The Bertz CT molecular complexity index is 281. The van der Waals surface area contributed by atoms with E-state index < -0.39 is 18.9 Å². The Morgan fingerprint density at radius 3 is 1.77 bits per heavy atom. The fraction of sp³-hybridized carbons (Fsp3) is 0.143. The minimum atomic E-state index is -4.43. The molecule has 0 heterocycles. The Hall–Kier alpha value is -1.01. The smallest absolute Gasteiger partial charge is 0.416 e. The molecule has 0 aliphatic carbocycles. The van der Waals surface area contributed by atoms with E-state index >= 15 is 0 Å². The van der Waals surface area contributed by atoms with E-state index in [4.69, 9.17) is 0 Å². The summed E-state index contributed by atoms with van der Waals surface area (Å²) < 4.78 is 35.9. The first-order valence-corrected chi connectivity index (χ1v) is 3.40. The number of hydrogen-bond donors (Lipinski definition) is 0. The lowest BCUT2D eigenvalue weighted by molar-refractivity contribution is -0.341. The van der Waals surface area contributed by atoms with Crippen molar-refractivity contribution < 1.29 is 23.2 Å². The molecule has 0 radical (unpaired) electrons. The summed E-state index contributed by atoms with van der Waals surface area (Å²) in [4.78, 5) is 0. The van der Waals surface area contributed by atoms with Gasteiger partial charge in [-0.2, -0.15) is 13.2 Å². The maximum atomic E-state index is 12.0. The Morgan fingerprint density at radius 1 is 1.00 bits per heavy atom. The zero-order valence-electron chi connectivity index (χ0n) is 6.34. The third kappa shape index (κ3) is 2.47. The first-order valence-electron chi connectivity index (χ1n) is 3.40. The molecule has 0 aliphatic heterocycles. The Kier molecular flexibility index (Phi) is 2.63. The van der Waals surface area contributed by atoms with Crippen molar-refractivity contribution >= 4 is 12.6 Å². The lowest BCUT2D eigenvalue weighted by Gasteiger charge is -2.26. The minimum absolute atomic E-state index is 0.187. The molecule has 2 nitrogen and oxygen atoms in total. The summed E-state index contributed by atoms with van der Waals surface area (Å²) in [6, 6.07) is 3.23. The van der Waals surface area contributed by atoms with Crippen LogP contribution in [-0.4, -0.2) is 7.12 Å². The molecule has 0 saturated carbocycles. The molecule has 0 atom stereocenters. The monoisotopic (exact) mass is 188 g/mol. The Labute approximate surface area is 72.8 Å². The van der Waals surface area contributed by atoms with E-state index in [0.717, 1.165) is 24.3 Å². The molecular weight excluding hydrogens is 184 g/mol. The normalized spacial score (nSPS) is 11.5. The summed E-state index contributed by atoms with van der Waals surface area (Å²) in [7, 11) is -2.23. The highest BCUT2D eigenvalue weighted by atomic mass is 19.4. The first kappa shape index (κ1) is 10.1. The van der Waals surface area contributed by atoms with Crippen molar-refractivity contribution in [3.8, 4) is 0 Å². The van der Waals surface area contributed by atoms with Crippen LogP contribution >= 0.6 is 0 Å². The van der Waals surface area contributed by atoms with E-state index in [1.807, 2.05) is 0 Å². The zero-order valence-corrected chi connectivity index (χ0v) is 6.34. The Balaban J connectivity index is 2.94. The molecule has 1 rings (SSSR count). The van der Waals surface area contributed by atoms with E-state index in [1.165, 1.54) is 0 Å². The highest BCUT2D eigenvalue weighted by molar-refractivity contribution is 6.55. The van der Waals surface area contributed by atoms with Crippen LogP contribution in [0.15, 0.2) is 24.3 Å². The summed E-state index contributed by atoms with van der Waals surface area (Å²) in [5.41, 5.74) is -1.05. The number of alkyl halides is 3. The van der Waals surface area contributed by atoms with Crippen LogP contribution in [0.4, 0.5) is 13.2 Å². The molecule has 0 aliphatic rings. The second kappa shape index (κ2) is 3.39. The summed E-state index contributed by atoms with van der Waals surface area (Å²) in [6.45, 7) is 0. The quantitative estimate of drug-likeness (QED) is 0.537. The van der Waals surface area contributed by atoms with Crippen molar-refractivity contribution in [3.63, 3.8) is 0 Å². The predicted molar refractivity (Wildman–Crippen MR) is 36.8 cm³/mol. The second-order valence-electron chi connectivity index (χ2n) is 2.45. The fourth-order valence-corrected chi connectivity index (χ4v) is 0.829. The first-order chi connectivity index (χ1) is 5.91. The summed E-state index contributed by atoms with van der Waals surface area (Å²) in [5, 5.41) is 20.5. The third-order valence-corrected chi connectivity index (χ3v) is 1.51. The van der Waals surface area contributed by atoms with E-state index in [0.29, 0.717) is 0 Å². The van der Waals surface area contributed by atoms with Crippen LogP contribution in [0.3, 0.4) is 0 Å². The molecule has 0 fully saturated rings. The van der Waals surface area contributed by atoms with Gasteiger partial charge in [-0.15, -0.1) is 5.46 Å². The Morgan fingerprint density at radius 2 is 1.46 bits per heavy atom. The van der Waals surface area contributed by atoms with E-state index in [2.05, 4.69) is 0 Å². The zero-order chi connectivity index (χ0) is 10.1. The van der Waals surface area contributed by atoms with Crippen molar-refractivity contribution in [2.75, 3.05) is 0 Å². The van der Waals surface area contributed by atoms with Crippen molar-refractivity contribution in [1.82, 2.24) is 0 Å². The molecule has 0 N–H and O–H groups in total. The molecular formula is C7H4BF3O2-2. The lowest BCUT2D eigenvalue weighted by Crippen LogP contribution is -2.55. The van der Waals surface area contributed by atoms with Gasteiger partial charge in [-0.05, 0) is 0 Å². The predicted octanol–water partition coefficient (Wildman–Crippen LogP) is -0.879. The van der Waals surface area contributed by atoms with Gasteiger partial charge >= 0.3 is 6.18 Å². The van der Waals surface area contributed by atoms with Crippen LogP contribution in [-0.2, 0) is 6.18 Å². The lowest BCUT2D eigenvalue weighted by atomic mass is 9.80. The van der Waals surface area contributed by atoms with Crippen molar-refractivity contribution in [1.29, 1.82) is 0 Å². The molecule has 0 aromatic heterocycles. The van der Waals surface area contributed by atoms with Crippen LogP contribution in [0, 0.1) is 0 Å². The fourth-order valence-electron chi connectivity index (χ4n) is 0.829. The maximum absolute atomic E-state index is 12.0. The SMILES string of the molecule is [O-]B([O-])c1ccc(C(F)(F)F)cc1. The van der Waals surface area contributed by atoms with E-state index in [1.54, 1.807) is 0 Å². The van der Waals surface area contributed by atoms with Gasteiger partial charge in [0.1, 0.15) is 0 Å². The standard InChI is InChI=1S/C7H4BF3O2/c9-7(10,11)5-1-3-6(4-2-5)8(12)13/h1-4H/q-2. The molecule has 0 unspecified atom stereocenters. The van der Waals surface area contributed by atoms with Crippen LogP contribution in [0.2, 0.25) is 0 Å². The molecule has 0 spiro atoms. The second-order valence-corrected chi connectivity index (χ2v) is 2.45. The van der Waals surface area contributed by atoms with Gasteiger partial charge in [0.15, 0.2) is 0 Å². The van der Waals surface area contributed by atoms with Crippen LogP contribution in [0.5, 0.6) is 0 Å². The van der Waals surface area contributed by atoms with Crippen molar-refractivity contribution in [2.24, 2.45) is 0 Å². The van der Waals surface area contributed by atoms with Crippen LogP contribution in [0.25, 0.3) is 0 Å². The van der Waals surface area contributed by atoms with E-state index in [9.17, 15) is 23.2 Å². The molecule has 1 aromatic rings. The highest BCUT2D eigenvalue weighted by Gasteiger charge is 2.29. The minimum Gasteiger partial charge on any atom is -0.889 e. The number of hydrogen-bond acceptors (Lipinski definition) is 2. The molecule has 0 saturated heterocycles. The molecule has 0 amide bonds. The average molecular weight is 188 g/mol. The van der Waals surface area contributed by atoms with E-state index in [-0.39, 0.29) is 5.46 Å². The van der Waals surface area contributed by atoms with Gasteiger partial charge in [0.05, 0.1) is 5.56 Å². The molecule has 6 heteroatoms. The van der Waals surface area contributed by atoms with Crippen molar-refractivity contribution in [3.05, 3.63) is 29.8 Å². The van der Waals surface area contributed by atoms with Gasteiger partial charge in [-0.25, -0.2) is 0 Å². The molecule has 0 bridgehead atoms. The van der Waals surface area contributed by atoms with Gasteiger partial charge in [0.2, 0.25) is 0 Å². The van der Waals surface area contributed by atoms with Crippen LogP contribution < -0.4 is 15.5 Å². The van der Waals surface area contributed by atoms with Gasteiger partial charge < -0.3 is 10.0 Å². The molecule has 1 aromatic carbocycles. The number of benzene rings is 1. The number of rotatable bonds is 1. The average Bonchev–Trinajstić information content (AvgIpc) is 2.03. The van der Waals surface area contributed by atoms with Gasteiger partial charge in [0.25, 0.3) is 0 Å². The molecule has 70 valence electrons. The number of halogens is 3. The van der Waals surface area contributed by atoms with Gasteiger partial charge in [0, 0.05) is 0 Å². The third-order valence-electron chi connectivity index (χ3n) is 1.51. The topological polar surface area (TPSA) is 46.1 Å². The van der Waals surface area contributed by atoms with Gasteiger partial charge in [-0.3, -0.25) is 0 Å².